The highest BCUT2D eigenvalue weighted by Gasteiger charge is 2.36. The summed E-state index contributed by atoms with van der Waals surface area (Å²) < 4.78 is 0. The molecule has 0 aromatic carbocycles. The summed E-state index contributed by atoms with van der Waals surface area (Å²) in [6.45, 7) is 10.8. The van der Waals surface area contributed by atoms with Crippen LogP contribution in [0.4, 0.5) is 0 Å². The average Bonchev–Trinajstić information content (AvgIpc) is 2.21. The van der Waals surface area contributed by atoms with E-state index < -0.39 is 0 Å². The second kappa shape index (κ2) is 5.75. The molecule has 3 aliphatic rings. The van der Waals surface area contributed by atoms with E-state index in [1.165, 1.54) is 5.57 Å². The molecule has 3 atom stereocenters. The number of nitrogens with one attached hydrogen (secondary N) is 1. The summed E-state index contributed by atoms with van der Waals surface area (Å²) >= 11 is 0. The zero-order chi connectivity index (χ0) is 14.9. The van der Waals surface area contributed by atoms with Gasteiger partial charge in [-0.1, -0.05) is 44.1 Å². The summed E-state index contributed by atoms with van der Waals surface area (Å²) in [6, 6.07) is 0.256. The zero-order valence-electron chi connectivity index (χ0n) is 13.6. The molecule has 2 nitrogen and oxygen atoms in total. The molecule has 0 aromatic rings. The summed E-state index contributed by atoms with van der Waals surface area (Å²) in [6.07, 6.45) is 8.76. The van der Waals surface area contributed by atoms with Crippen LogP contribution in [0.1, 0.15) is 60.3 Å². The predicted molar refractivity (Wildman–Crippen MR) is 84.3 cm³/mol. The standard InChI is InChI=1S/C18H29NO/c1-12(2)6-14(4)19-17(20)18(5)10-13(3)7-15-8-16(9-15)11-18/h7,11-14H,6,8-10H2,1-5H3,(H,19,20). The lowest BCUT2D eigenvalue weighted by atomic mass is 9.70. The fraction of sp³-hybridized carbons (Fsp3) is 0.722. The third kappa shape index (κ3) is 3.53. The number of fused-ring (bicyclic) bond motifs is 4. The first kappa shape index (κ1) is 15.3. The summed E-state index contributed by atoms with van der Waals surface area (Å²) in [5.41, 5.74) is 2.65. The Morgan fingerprint density at radius 1 is 1.35 bits per heavy atom. The van der Waals surface area contributed by atoms with Gasteiger partial charge in [0.05, 0.1) is 5.41 Å². The maximum Gasteiger partial charge on any atom is 0.229 e. The van der Waals surface area contributed by atoms with Gasteiger partial charge < -0.3 is 5.32 Å². The van der Waals surface area contributed by atoms with Crippen molar-refractivity contribution in [2.24, 2.45) is 17.3 Å². The third-order valence-corrected chi connectivity index (χ3v) is 4.42. The molecule has 0 spiro atoms. The number of hydrogen-bond acceptors (Lipinski definition) is 1. The van der Waals surface area contributed by atoms with E-state index in [9.17, 15) is 4.79 Å². The SMILES string of the molecule is CC(C)CC(C)NC(=O)C1(C)C=C2CC(=CC(C)C1)C2. The Hall–Kier alpha value is -1.05. The number of amides is 1. The van der Waals surface area contributed by atoms with Gasteiger partial charge in [0.1, 0.15) is 0 Å². The lowest BCUT2D eigenvalue weighted by molar-refractivity contribution is -0.129. The van der Waals surface area contributed by atoms with Crippen LogP contribution >= 0.6 is 0 Å². The van der Waals surface area contributed by atoms with Crippen LogP contribution in [0, 0.1) is 17.3 Å². The van der Waals surface area contributed by atoms with Crippen molar-refractivity contribution < 1.29 is 4.79 Å². The number of carbonyl (C=O) groups is 1. The van der Waals surface area contributed by atoms with Crippen LogP contribution in [0.25, 0.3) is 0 Å². The smallest absolute Gasteiger partial charge is 0.229 e. The summed E-state index contributed by atoms with van der Waals surface area (Å²) in [4.78, 5) is 12.7. The molecule has 1 amide bonds. The topological polar surface area (TPSA) is 29.1 Å². The van der Waals surface area contributed by atoms with Crippen LogP contribution < -0.4 is 5.32 Å². The number of rotatable bonds is 4. The fourth-order valence-electron chi connectivity index (χ4n) is 3.70. The van der Waals surface area contributed by atoms with Gasteiger partial charge in [0, 0.05) is 6.04 Å². The first-order valence-electron chi connectivity index (χ1n) is 7.99. The van der Waals surface area contributed by atoms with Crippen LogP contribution in [0.15, 0.2) is 23.3 Å². The van der Waals surface area contributed by atoms with E-state index >= 15 is 0 Å². The fourth-order valence-corrected chi connectivity index (χ4v) is 3.70. The Kier molecular flexibility index (Phi) is 4.41. The van der Waals surface area contributed by atoms with Crippen molar-refractivity contribution >= 4 is 5.91 Å². The largest absolute Gasteiger partial charge is 0.353 e. The van der Waals surface area contributed by atoms with E-state index in [-0.39, 0.29) is 17.4 Å². The van der Waals surface area contributed by atoms with Gasteiger partial charge in [0.2, 0.25) is 5.91 Å². The minimum atomic E-state index is -0.345. The molecule has 1 fully saturated rings. The van der Waals surface area contributed by atoms with Crippen LogP contribution in [0.5, 0.6) is 0 Å². The molecular weight excluding hydrogens is 246 g/mol. The van der Waals surface area contributed by atoms with Gasteiger partial charge in [0.15, 0.2) is 0 Å². The minimum Gasteiger partial charge on any atom is -0.353 e. The molecule has 0 heterocycles. The normalized spacial score (nSPS) is 30.6. The average molecular weight is 275 g/mol. The van der Waals surface area contributed by atoms with Crippen molar-refractivity contribution in [2.45, 2.75) is 66.3 Å². The van der Waals surface area contributed by atoms with E-state index in [0.717, 1.165) is 25.7 Å². The van der Waals surface area contributed by atoms with Gasteiger partial charge in [-0.15, -0.1) is 0 Å². The quantitative estimate of drug-likeness (QED) is 0.764. The highest BCUT2D eigenvalue weighted by molar-refractivity contribution is 5.84. The maximum absolute atomic E-state index is 12.7. The van der Waals surface area contributed by atoms with Gasteiger partial charge >= 0.3 is 0 Å². The number of allylic oxidation sites excluding steroid dienone is 3. The lowest BCUT2D eigenvalue weighted by Gasteiger charge is -2.36. The van der Waals surface area contributed by atoms with E-state index in [4.69, 9.17) is 0 Å². The summed E-state index contributed by atoms with van der Waals surface area (Å²) in [5, 5.41) is 3.22. The van der Waals surface area contributed by atoms with Gasteiger partial charge in [-0.05, 0) is 51.4 Å². The van der Waals surface area contributed by atoms with Crippen molar-refractivity contribution in [3.05, 3.63) is 23.3 Å². The lowest BCUT2D eigenvalue weighted by Crippen LogP contribution is -2.44. The molecule has 20 heavy (non-hydrogen) atoms. The van der Waals surface area contributed by atoms with E-state index in [1.807, 2.05) is 0 Å². The van der Waals surface area contributed by atoms with Gasteiger partial charge in [-0.2, -0.15) is 0 Å². The molecular formula is C18H29NO. The maximum atomic E-state index is 12.7. The van der Waals surface area contributed by atoms with Crippen LogP contribution in [-0.4, -0.2) is 11.9 Å². The Morgan fingerprint density at radius 2 is 2.00 bits per heavy atom. The number of carbonyl (C=O) groups excluding carboxylic acids is 1. The monoisotopic (exact) mass is 275 g/mol. The second-order valence-electron chi connectivity index (χ2n) is 7.58. The van der Waals surface area contributed by atoms with Crippen molar-refractivity contribution in [2.75, 3.05) is 0 Å². The number of hydrogen-bond donors (Lipinski definition) is 1. The van der Waals surface area contributed by atoms with Gasteiger partial charge in [-0.25, -0.2) is 0 Å². The Labute approximate surface area is 123 Å². The third-order valence-electron chi connectivity index (χ3n) is 4.42. The molecule has 0 saturated heterocycles. The predicted octanol–water partition coefficient (Wildman–Crippen LogP) is 4.23. The first-order chi connectivity index (χ1) is 9.28. The molecule has 0 aliphatic heterocycles. The van der Waals surface area contributed by atoms with Crippen LogP contribution in [-0.2, 0) is 4.79 Å². The highest BCUT2D eigenvalue weighted by atomic mass is 16.2. The van der Waals surface area contributed by atoms with Crippen LogP contribution in [0.3, 0.4) is 0 Å². The summed E-state index contributed by atoms with van der Waals surface area (Å²) in [7, 11) is 0. The van der Waals surface area contributed by atoms with Crippen molar-refractivity contribution in [3.63, 3.8) is 0 Å². The van der Waals surface area contributed by atoms with Crippen molar-refractivity contribution in [1.82, 2.24) is 5.32 Å². The summed E-state index contributed by atoms with van der Waals surface area (Å²) in [5.74, 6) is 1.30. The van der Waals surface area contributed by atoms with Crippen molar-refractivity contribution in [1.29, 1.82) is 0 Å². The molecule has 0 radical (unpaired) electrons. The molecule has 0 aromatic heterocycles. The molecule has 3 rings (SSSR count). The van der Waals surface area contributed by atoms with Gasteiger partial charge in [0.25, 0.3) is 0 Å². The highest BCUT2D eigenvalue weighted by Crippen LogP contribution is 2.42. The Bertz CT molecular complexity index is 436. The molecule has 2 bridgehead atoms. The van der Waals surface area contributed by atoms with E-state index in [2.05, 4.69) is 52.1 Å². The van der Waals surface area contributed by atoms with Gasteiger partial charge in [-0.3, -0.25) is 4.79 Å². The molecule has 2 heteroatoms. The second-order valence-corrected chi connectivity index (χ2v) is 7.58. The van der Waals surface area contributed by atoms with Crippen molar-refractivity contribution in [3.8, 4) is 0 Å². The van der Waals surface area contributed by atoms with E-state index in [0.29, 0.717) is 11.8 Å². The molecule has 112 valence electrons. The minimum absolute atomic E-state index is 0.203. The molecule has 3 unspecified atom stereocenters. The molecule has 1 N–H and O–H groups in total. The Morgan fingerprint density at radius 3 is 2.60 bits per heavy atom. The molecule has 3 aliphatic carbocycles. The zero-order valence-corrected chi connectivity index (χ0v) is 13.6. The van der Waals surface area contributed by atoms with Crippen LogP contribution in [0.2, 0.25) is 0 Å². The Balaban J connectivity index is 2.06. The molecule has 1 saturated carbocycles. The van der Waals surface area contributed by atoms with E-state index in [1.54, 1.807) is 5.57 Å². The first-order valence-corrected chi connectivity index (χ1v) is 7.99.